The summed E-state index contributed by atoms with van der Waals surface area (Å²) in [5.74, 6) is -0.560. The number of hydrogen-bond acceptors (Lipinski definition) is 5. The van der Waals surface area contributed by atoms with Gasteiger partial charge < -0.3 is 5.11 Å². The minimum atomic E-state index is -4.21. The van der Waals surface area contributed by atoms with Crippen LogP contribution in [0.5, 0.6) is 5.75 Å². The van der Waals surface area contributed by atoms with E-state index in [0.29, 0.717) is 0 Å². The number of hydrogen-bond donors (Lipinski definition) is 1. The molecule has 0 fully saturated rings. The highest BCUT2D eigenvalue weighted by atomic mass is 35.5. The van der Waals surface area contributed by atoms with E-state index in [-0.39, 0.29) is 5.02 Å². The first kappa shape index (κ1) is 14.3. The fourth-order valence-electron chi connectivity index (χ4n) is 1.67. The van der Waals surface area contributed by atoms with Gasteiger partial charge in [0.25, 0.3) is 5.69 Å². The summed E-state index contributed by atoms with van der Waals surface area (Å²) in [6, 6.07) is 8.36. The van der Waals surface area contributed by atoms with Crippen molar-refractivity contribution in [1.29, 1.82) is 0 Å². The number of aromatic hydroxyl groups is 1. The smallest absolute Gasteiger partial charge is 0.288 e. The molecule has 0 amide bonds. The van der Waals surface area contributed by atoms with Gasteiger partial charge in [-0.15, -0.1) is 0 Å². The largest absolute Gasteiger partial charge is 0.507 e. The number of halogens is 1. The van der Waals surface area contributed by atoms with Crippen LogP contribution < -0.4 is 0 Å². The van der Waals surface area contributed by atoms with Crippen LogP contribution in [0.15, 0.2) is 52.3 Å². The number of sulfone groups is 1. The number of nitro groups is 1. The Balaban J connectivity index is 2.71. The summed E-state index contributed by atoms with van der Waals surface area (Å²) < 4.78 is 24.8. The first-order chi connectivity index (χ1) is 9.34. The summed E-state index contributed by atoms with van der Waals surface area (Å²) in [6.45, 7) is 0. The Labute approximate surface area is 119 Å². The summed E-state index contributed by atoms with van der Waals surface area (Å²) >= 11 is 5.63. The Hall–Kier alpha value is -2.12. The maximum atomic E-state index is 12.4. The third-order valence-electron chi connectivity index (χ3n) is 2.56. The van der Waals surface area contributed by atoms with Crippen molar-refractivity contribution >= 4 is 27.1 Å². The van der Waals surface area contributed by atoms with Gasteiger partial charge in [0.15, 0.2) is 0 Å². The molecule has 2 aromatic rings. The van der Waals surface area contributed by atoms with Gasteiger partial charge in [-0.3, -0.25) is 10.1 Å². The molecule has 8 heteroatoms. The highest BCUT2D eigenvalue weighted by Gasteiger charge is 2.29. The van der Waals surface area contributed by atoms with Crippen LogP contribution in [0.25, 0.3) is 0 Å². The van der Waals surface area contributed by atoms with Gasteiger partial charge in [-0.25, -0.2) is 8.42 Å². The summed E-state index contributed by atoms with van der Waals surface area (Å²) in [5.41, 5.74) is -0.554. The SMILES string of the molecule is O=[N+]([O-])c1ccccc1S(=O)(=O)c1ccc(Cl)cc1O. The van der Waals surface area contributed by atoms with Gasteiger partial charge in [-0.1, -0.05) is 23.7 Å². The normalized spacial score (nSPS) is 11.2. The van der Waals surface area contributed by atoms with Crippen molar-refractivity contribution in [3.05, 3.63) is 57.6 Å². The lowest BCUT2D eigenvalue weighted by Gasteiger charge is -2.07. The fourth-order valence-corrected chi connectivity index (χ4v) is 3.33. The van der Waals surface area contributed by atoms with E-state index in [0.717, 1.165) is 24.3 Å². The summed E-state index contributed by atoms with van der Waals surface area (Å²) in [5, 5.41) is 20.7. The molecule has 104 valence electrons. The molecule has 0 spiro atoms. The highest BCUT2D eigenvalue weighted by Crippen LogP contribution is 2.34. The minimum Gasteiger partial charge on any atom is -0.507 e. The molecular weight excluding hydrogens is 306 g/mol. The quantitative estimate of drug-likeness (QED) is 0.694. The predicted octanol–water partition coefficient (Wildman–Crippen LogP) is 2.79. The van der Waals surface area contributed by atoms with Gasteiger partial charge in [0.1, 0.15) is 15.5 Å². The molecule has 0 saturated heterocycles. The first-order valence-electron chi connectivity index (χ1n) is 5.31. The molecule has 0 aromatic heterocycles. The van der Waals surface area contributed by atoms with Crippen LogP contribution in [-0.4, -0.2) is 18.4 Å². The second kappa shape index (κ2) is 5.10. The monoisotopic (exact) mass is 313 g/mol. The second-order valence-electron chi connectivity index (χ2n) is 3.84. The lowest BCUT2D eigenvalue weighted by atomic mass is 10.3. The summed E-state index contributed by atoms with van der Waals surface area (Å²) in [6.07, 6.45) is 0. The topological polar surface area (TPSA) is 97.5 Å². The van der Waals surface area contributed by atoms with Gasteiger partial charge in [0.2, 0.25) is 9.84 Å². The number of phenolic OH excluding ortho intramolecular Hbond substituents is 1. The van der Waals surface area contributed by atoms with E-state index in [1.54, 1.807) is 0 Å². The molecule has 0 radical (unpaired) electrons. The van der Waals surface area contributed by atoms with E-state index in [1.807, 2.05) is 0 Å². The average molecular weight is 314 g/mol. The van der Waals surface area contributed by atoms with E-state index in [4.69, 9.17) is 11.6 Å². The van der Waals surface area contributed by atoms with Crippen LogP contribution >= 0.6 is 11.6 Å². The molecule has 0 unspecified atom stereocenters. The zero-order valence-corrected chi connectivity index (χ0v) is 11.4. The third kappa shape index (κ3) is 2.45. The number of phenols is 1. The number of rotatable bonds is 3. The van der Waals surface area contributed by atoms with Crippen molar-refractivity contribution in [1.82, 2.24) is 0 Å². The lowest BCUT2D eigenvalue weighted by Crippen LogP contribution is -2.05. The van der Waals surface area contributed by atoms with Crippen LogP contribution in [0.4, 0.5) is 5.69 Å². The molecule has 6 nitrogen and oxygen atoms in total. The molecule has 0 heterocycles. The number of benzene rings is 2. The van der Waals surface area contributed by atoms with Crippen LogP contribution in [0.1, 0.15) is 0 Å². The predicted molar refractivity (Wildman–Crippen MR) is 71.7 cm³/mol. The standard InChI is InChI=1S/C12H8ClNO5S/c13-8-5-6-12(10(15)7-8)20(18,19)11-4-2-1-3-9(11)14(16)17/h1-7,15H. The summed E-state index contributed by atoms with van der Waals surface area (Å²) in [7, 11) is -4.21. The highest BCUT2D eigenvalue weighted by molar-refractivity contribution is 7.91. The molecule has 0 aliphatic heterocycles. The third-order valence-corrected chi connectivity index (χ3v) is 4.65. The van der Waals surface area contributed by atoms with Crippen LogP contribution in [0, 0.1) is 10.1 Å². The average Bonchev–Trinajstić information content (AvgIpc) is 2.38. The van der Waals surface area contributed by atoms with E-state index in [1.165, 1.54) is 18.2 Å². The van der Waals surface area contributed by atoms with Gasteiger partial charge in [0, 0.05) is 11.1 Å². The van der Waals surface area contributed by atoms with Crippen molar-refractivity contribution in [2.24, 2.45) is 0 Å². The Kier molecular flexibility index (Phi) is 3.65. The van der Waals surface area contributed by atoms with Crippen molar-refractivity contribution in [3.8, 4) is 5.75 Å². The zero-order chi connectivity index (χ0) is 14.9. The van der Waals surface area contributed by atoms with Crippen molar-refractivity contribution < 1.29 is 18.4 Å². The van der Waals surface area contributed by atoms with Crippen molar-refractivity contribution in [3.63, 3.8) is 0 Å². The van der Waals surface area contributed by atoms with Gasteiger partial charge in [-0.2, -0.15) is 0 Å². The molecule has 0 atom stereocenters. The van der Waals surface area contributed by atoms with Gasteiger partial charge >= 0.3 is 0 Å². The molecule has 0 aliphatic rings. The van der Waals surface area contributed by atoms with Crippen molar-refractivity contribution in [2.75, 3.05) is 0 Å². The van der Waals surface area contributed by atoms with Gasteiger partial charge in [-0.05, 0) is 24.3 Å². The molecule has 1 N–H and O–H groups in total. The maximum Gasteiger partial charge on any atom is 0.288 e. The van der Waals surface area contributed by atoms with Crippen LogP contribution in [0.2, 0.25) is 5.02 Å². The Bertz CT molecular complexity index is 788. The van der Waals surface area contributed by atoms with E-state index < -0.39 is 36.0 Å². The molecule has 2 rings (SSSR count). The minimum absolute atomic E-state index is 0.156. The molecular formula is C12H8ClNO5S. The maximum absolute atomic E-state index is 12.4. The molecule has 20 heavy (non-hydrogen) atoms. The number of nitrogens with zero attached hydrogens (tertiary/aromatic N) is 1. The summed E-state index contributed by atoms with van der Waals surface area (Å²) in [4.78, 5) is 9.19. The Morgan fingerprint density at radius 2 is 1.75 bits per heavy atom. The molecule has 0 aliphatic carbocycles. The van der Waals surface area contributed by atoms with Crippen LogP contribution in [0.3, 0.4) is 0 Å². The number of nitro benzene ring substituents is 1. The van der Waals surface area contributed by atoms with E-state index in [2.05, 4.69) is 0 Å². The van der Waals surface area contributed by atoms with E-state index >= 15 is 0 Å². The van der Waals surface area contributed by atoms with Gasteiger partial charge in [0.05, 0.1) is 4.92 Å². The Morgan fingerprint density at radius 1 is 1.10 bits per heavy atom. The molecule has 2 aromatic carbocycles. The van der Waals surface area contributed by atoms with E-state index in [9.17, 15) is 23.6 Å². The molecule has 0 saturated carbocycles. The van der Waals surface area contributed by atoms with Crippen molar-refractivity contribution in [2.45, 2.75) is 9.79 Å². The Morgan fingerprint density at radius 3 is 2.35 bits per heavy atom. The van der Waals surface area contributed by atoms with Crippen LogP contribution in [-0.2, 0) is 9.84 Å². The number of para-hydroxylation sites is 1. The first-order valence-corrected chi connectivity index (χ1v) is 7.17. The zero-order valence-electron chi connectivity index (χ0n) is 9.86. The fraction of sp³-hybridized carbons (Fsp3) is 0. The molecule has 0 bridgehead atoms. The second-order valence-corrected chi connectivity index (χ2v) is 6.16. The lowest BCUT2D eigenvalue weighted by molar-refractivity contribution is -0.387.